The van der Waals surface area contributed by atoms with Crippen molar-refractivity contribution in [2.45, 2.75) is 19.9 Å². The molecule has 1 unspecified atom stereocenters. The zero-order valence-corrected chi connectivity index (χ0v) is 14.0. The molecule has 0 aliphatic carbocycles. The molecule has 21 heavy (non-hydrogen) atoms. The average Bonchev–Trinajstić information content (AvgIpc) is 2.87. The first-order valence-corrected chi connectivity index (χ1v) is 8.05. The van der Waals surface area contributed by atoms with E-state index in [-0.39, 0.29) is 11.7 Å². The Morgan fingerprint density at radius 3 is 2.76 bits per heavy atom. The van der Waals surface area contributed by atoms with Gasteiger partial charge in [-0.2, -0.15) is 0 Å². The molecule has 7 heteroatoms. The maximum atomic E-state index is 11.2. The first-order valence-electron chi connectivity index (χ1n) is 6.44. The maximum absolute atomic E-state index is 11.2. The summed E-state index contributed by atoms with van der Waals surface area (Å²) in [7, 11) is 0. The van der Waals surface area contributed by atoms with Crippen LogP contribution in [0.3, 0.4) is 0 Å². The van der Waals surface area contributed by atoms with Crippen LogP contribution < -0.4 is 10.1 Å². The van der Waals surface area contributed by atoms with E-state index >= 15 is 0 Å². The SMILES string of the molecule is CCOc1ccc(NC(C)c2ccc(Br)s2)c([N+](=O)[O-])c1. The van der Waals surface area contributed by atoms with Gasteiger partial charge in [0.25, 0.3) is 5.69 Å². The van der Waals surface area contributed by atoms with Crippen molar-refractivity contribution in [1.29, 1.82) is 0 Å². The largest absolute Gasteiger partial charge is 0.494 e. The molecule has 2 aromatic rings. The van der Waals surface area contributed by atoms with Gasteiger partial charge in [-0.3, -0.25) is 10.1 Å². The Morgan fingerprint density at radius 2 is 2.19 bits per heavy atom. The molecule has 0 bridgehead atoms. The van der Waals surface area contributed by atoms with Crippen molar-refractivity contribution < 1.29 is 9.66 Å². The molecule has 0 saturated carbocycles. The Kier molecular flexibility index (Phi) is 5.19. The third-order valence-electron chi connectivity index (χ3n) is 2.87. The monoisotopic (exact) mass is 370 g/mol. The lowest BCUT2D eigenvalue weighted by molar-refractivity contribution is -0.384. The van der Waals surface area contributed by atoms with E-state index in [2.05, 4.69) is 21.2 Å². The summed E-state index contributed by atoms with van der Waals surface area (Å²) in [5, 5.41) is 14.4. The van der Waals surface area contributed by atoms with E-state index in [0.29, 0.717) is 18.0 Å². The lowest BCUT2D eigenvalue weighted by Crippen LogP contribution is -2.07. The van der Waals surface area contributed by atoms with E-state index < -0.39 is 4.92 Å². The molecule has 1 heterocycles. The van der Waals surface area contributed by atoms with Crippen LogP contribution in [0.2, 0.25) is 0 Å². The Hall–Kier alpha value is -1.60. The van der Waals surface area contributed by atoms with Crippen molar-refractivity contribution in [2.75, 3.05) is 11.9 Å². The Balaban J connectivity index is 2.24. The maximum Gasteiger partial charge on any atom is 0.296 e. The van der Waals surface area contributed by atoms with Crippen molar-refractivity contribution in [2.24, 2.45) is 0 Å². The van der Waals surface area contributed by atoms with Crippen LogP contribution in [0.1, 0.15) is 24.8 Å². The van der Waals surface area contributed by atoms with Crippen LogP contribution in [-0.4, -0.2) is 11.5 Å². The molecular weight excluding hydrogens is 356 g/mol. The molecular formula is C14H15BrN2O3S. The van der Waals surface area contributed by atoms with E-state index in [1.165, 1.54) is 6.07 Å². The number of nitrogens with zero attached hydrogens (tertiary/aromatic N) is 1. The molecule has 0 radical (unpaired) electrons. The summed E-state index contributed by atoms with van der Waals surface area (Å²) in [4.78, 5) is 11.9. The van der Waals surface area contributed by atoms with Gasteiger partial charge in [0.15, 0.2) is 0 Å². The predicted molar refractivity (Wildman–Crippen MR) is 88.3 cm³/mol. The van der Waals surface area contributed by atoms with Gasteiger partial charge in [-0.15, -0.1) is 11.3 Å². The molecule has 1 aromatic heterocycles. The molecule has 5 nitrogen and oxygen atoms in total. The van der Waals surface area contributed by atoms with Gasteiger partial charge < -0.3 is 10.1 Å². The fourth-order valence-electron chi connectivity index (χ4n) is 1.91. The molecule has 0 saturated heterocycles. The number of thiophene rings is 1. The Labute approximate surface area is 135 Å². The lowest BCUT2D eigenvalue weighted by atomic mass is 10.2. The summed E-state index contributed by atoms with van der Waals surface area (Å²) >= 11 is 5.02. The van der Waals surface area contributed by atoms with Crippen molar-refractivity contribution in [1.82, 2.24) is 0 Å². The first kappa shape index (κ1) is 15.8. The van der Waals surface area contributed by atoms with Gasteiger partial charge in [-0.05, 0) is 54.0 Å². The number of nitro groups is 1. The van der Waals surface area contributed by atoms with Crippen LogP contribution in [-0.2, 0) is 0 Å². The van der Waals surface area contributed by atoms with E-state index in [9.17, 15) is 10.1 Å². The number of halogens is 1. The second-order valence-corrected chi connectivity index (χ2v) is 6.87. The van der Waals surface area contributed by atoms with Gasteiger partial charge in [0, 0.05) is 4.88 Å². The minimum absolute atomic E-state index is 0.0158. The van der Waals surface area contributed by atoms with E-state index in [1.54, 1.807) is 23.5 Å². The van der Waals surface area contributed by atoms with Crippen molar-refractivity contribution in [3.05, 3.63) is 49.1 Å². The first-order chi connectivity index (χ1) is 10.0. The molecule has 2 rings (SSSR count). The topological polar surface area (TPSA) is 64.4 Å². The standard InChI is InChI=1S/C14H15BrN2O3S/c1-3-20-10-4-5-11(12(8-10)17(18)19)16-9(2)13-6-7-14(15)21-13/h4-9,16H,3H2,1-2H3. The second-order valence-electron chi connectivity index (χ2n) is 4.38. The fraction of sp³-hybridized carbons (Fsp3) is 0.286. The third kappa shape index (κ3) is 3.95. The highest BCUT2D eigenvalue weighted by Crippen LogP contribution is 2.34. The molecule has 0 aliphatic heterocycles. The van der Waals surface area contributed by atoms with Gasteiger partial charge in [-0.25, -0.2) is 0 Å². The minimum atomic E-state index is -0.401. The van der Waals surface area contributed by atoms with Crippen molar-refractivity contribution in [3.63, 3.8) is 0 Å². The molecule has 0 fully saturated rings. The number of nitro benzene ring substituents is 1. The van der Waals surface area contributed by atoms with E-state index in [1.807, 2.05) is 26.0 Å². The normalized spacial score (nSPS) is 12.0. The summed E-state index contributed by atoms with van der Waals surface area (Å²) < 4.78 is 6.34. The zero-order chi connectivity index (χ0) is 15.4. The number of rotatable bonds is 6. The number of hydrogen-bond donors (Lipinski definition) is 1. The molecule has 0 amide bonds. The molecule has 1 N–H and O–H groups in total. The quantitative estimate of drug-likeness (QED) is 0.574. The highest BCUT2D eigenvalue weighted by atomic mass is 79.9. The number of nitrogens with one attached hydrogen (secondary N) is 1. The highest BCUT2D eigenvalue weighted by molar-refractivity contribution is 9.11. The predicted octanol–water partition coefficient (Wildman–Crippen LogP) is 4.99. The summed E-state index contributed by atoms with van der Waals surface area (Å²) in [5.74, 6) is 0.501. The molecule has 0 aliphatic rings. The summed E-state index contributed by atoms with van der Waals surface area (Å²) in [6.07, 6.45) is 0. The van der Waals surface area contributed by atoms with Crippen LogP contribution in [0.4, 0.5) is 11.4 Å². The van der Waals surface area contributed by atoms with E-state index in [4.69, 9.17) is 4.74 Å². The van der Waals surface area contributed by atoms with Gasteiger partial charge in [0.1, 0.15) is 11.4 Å². The fourth-order valence-corrected chi connectivity index (χ4v) is 3.33. The molecule has 1 atom stereocenters. The molecule has 1 aromatic carbocycles. The number of benzene rings is 1. The minimum Gasteiger partial charge on any atom is -0.494 e. The summed E-state index contributed by atoms with van der Waals surface area (Å²) in [6.45, 7) is 4.29. The Bertz CT molecular complexity index is 645. The van der Waals surface area contributed by atoms with E-state index in [0.717, 1.165) is 8.66 Å². The van der Waals surface area contributed by atoms with Crippen LogP contribution >= 0.6 is 27.3 Å². The zero-order valence-electron chi connectivity index (χ0n) is 11.6. The second kappa shape index (κ2) is 6.91. The van der Waals surface area contributed by atoms with Crippen LogP contribution in [0.25, 0.3) is 0 Å². The highest BCUT2D eigenvalue weighted by Gasteiger charge is 2.18. The Morgan fingerprint density at radius 1 is 1.43 bits per heavy atom. The van der Waals surface area contributed by atoms with Crippen LogP contribution in [0.5, 0.6) is 5.75 Å². The van der Waals surface area contributed by atoms with Crippen LogP contribution in [0.15, 0.2) is 34.1 Å². The van der Waals surface area contributed by atoms with Crippen molar-refractivity contribution >= 4 is 38.6 Å². The molecule has 112 valence electrons. The van der Waals surface area contributed by atoms with Crippen LogP contribution in [0, 0.1) is 10.1 Å². The smallest absolute Gasteiger partial charge is 0.296 e. The van der Waals surface area contributed by atoms with Gasteiger partial charge in [0.2, 0.25) is 0 Å². The molecule has 0 spiro atoms. The van der Waals surface area contributed by atoms with Crippen molar-refractivity contribution in [3.8, 4) is 5.75 Å². The van der Waals surface area contributed by atoms with Gasteiger partial charge in [0.05, 0.1) is 27.4 Å². The lowest BCUT2D eigenvalue weighted by Gasteiger charge is -2.14. The number of hydrogen-bond acceptors (Lipinski definition) is 5. The third-order valence-corrected chi connectivity index (χ3v) is 4.68. The van der Waals surface area contributed by atoms with Gasteiger partial charge in [-0.1, -0.05) is 0 Å². The van der Waals surface area contributed by atoms with Gasteiger partial charge >= 0.3 is 0 Å². The number of anilines is 1. The number of ether oxygens (including phenoxy) is 1. The summed E-state index contributed by atoms with van der Waals surface area (Å²) in [5.41, 5.74) is 0.504. The average molecular weight is 371 g/mol. The summed E-state index contributed by atoms with van der Waals surface area (Å²) in [6, 6.07) is 8.80.